The zero-order valence-electron chi connectivity index (χ0n) is 10.6. The molecule has 6 heteroatoms. The molecule has 1 aromatic carbocycles. The zero-order chi connectivity index (χ0) is 13.6. The molecule has 1 saturated carbocycles. The highest BCUT2D eigenvalue weighted by atomic mass is 19.1. The lowest BCUT2D eigenvalue weighted by Gasteiger charge is -2.39. The summed E-state index contributed by atoms with van der Waals surface area (Å²) < 4.78 is 14.0. The topological polar surface area (TPSA) is 71.3 Å². The number of hydrogen-bond acceptors (Lipinski definition) is 5. The van der Waals surface area contributed by atoms with Gasteiger partial charge in [0.05, 0.1) is 23.5 Å². The second-order valence-corrected chi connectivity index (χ2v) is 5.29. The van der Waals surface area contributed by atoms with Gasteiger partial charge in [-0.15, -0.1) is 5.53 Å². The van der Waals surface area contributed by atoms with Crippen LogP contribution in [0.15, 0.2) is 6.07 Å². The highest BCUT2D eigenvalue weighted by Crippen LogP contribution is 2.39. The van der Waals surface area contributed by atoms with E-state index in [1.807, 2.05) is 6.07 Å². The van der Waals surface area contributed by atoms with Crippen LogP contribution in [0.1, 0.15) is 30.4 Å². The summed E-state index contributed by atoms with van der Waals surface area (Å²) in [7, 11) is 0. The summed E-state index contributed by atoms with van der Waals surface area (Å²) in [4.78, 5) is 0. The van der Waals surface area contributed by atoms with Crippen molar-refractivity contribution in [3.8, 4) is 6.07 Å². The van der Waals surface area contributed by atoms with Crippen LogP contribution in [-0.2, 0) is 0 Å². The Morgan fingerprint density at radius 1 is 1.58 bits per heavy atom. The fourth-order valence-electron chi connectivity index (χ4n) is 2.60. The monoisotopic (exact) mass is 262 g/mol. The molecule has 1 fully saturated rings. The molecule has 0 saturated heterocycles. The van der Waals surface area contributed by atoms with Gasteiger partial charge in [-0.25, -0.2) is 4.39 Å². The number of nitrogens with one attached hydrogen (secondary N) is 2. The molecular formula is C13H15FN4O. The van der Waals surface area contributed by atoms with Crippen LogP contribution >= 0.6 is 0 Å². The molecule has 1 aromatic rings. The fourth-order valence-corrected chi connectivity index (χ4v) is 2.60. The number of anilines is 2. The average Bonchev–Trinajstić information content (AvgIpc) is 2.72. The third-order valence-electron chi connectivity index (χ3n) is 3.86. The Morgan fingerprint density at radius 3 is 2.89 bits per heavy atom. The molecular weight excluding hydrogens is 247 g/mol. The van der Waals surface area contributed by atoms with E-state index in [1.54, 1.807) is 18.0 Å². The Labute approximate surface area is 110 Å². The van der Waals surface area contributed by atoms with E-state index in [0.717, 1.165) is 19.3 Å². The van der Waals surface area contributed by atoms with Gasteiger partial charge in [0.15, 0.2) is 0 Å². The minimum atomic E-state index is -0.746. The Bertz CT molecular complexity index is 577. The van der Waals surface area contributed by atoms with Gasteiger partial charge in [-0.2, -0.15) is 5.26 Å². The first-order chi connectivity index (χ1) is 9.04. The smallest absolute Gasteiger partial charge is 0.146 e. The summed E-state index contributed by atoms with van der Waals surface area (Å²) in [6, 6.07) is 3.57. The van der Waals surface area contributed by atoms with Gasteiger partial charge in [0.1, 0.15) is 17.4 Å². The molecule has 0 aromatic heterocycles. The number of aliphatic hydroxyl groups is 1. The summed E-state index contributed by atoms with van der Waals surface area (Å²) >= 11 is 0. The largest absolute Gasteiger partial charge is 0.388 e. The second kappa shape index (κ2) is 4.08. The molecule has 1 heterocycles. The predicted molar refractivity (Wildman–Crippen MR) is 68.8 cm³/mol. The van der Waals surface area contributed by atoms with E-state index in [-0.39, 0.29) is 5.56 Å². The van der Waals surface area contributed by atoms with Gasteiger partial charge in [-0.3, -0.25) is 5.01 Å². The van der Waals surface area contributed by atoms with Crippen LogP contribution < -0.4 is 16.0 Å². The predicted octanol–water partition coefficient (Wildman–Crippen LogP) is 1.57. The number of halogens is 1. The van der Waals surface area contributed by atoms with Crippen molar-refractivity contribution in [3.63, 3.8) is 0 Å². The summed E-state index contributed by atoms with van der Waals surface area (Å²) in [5.41, 5.74) is 6.62. The summed E-state index contributed by atoms with van der Waals surface area (Å²) in [5, 5.41) is 21.0. The number of nitrogens with zero attached hydrogens (tertiary/aromatic N) is 2. The summed E-state index contributed by atoms with van der Waals surface area (Å²) in [6.07, 6.45) is 2.46. The molecule has 0 atom stereocenters. The van der Waals surface area contributed by atoms with Crippen LogP contribution in [0.3, 0.4) is 0 Å². The van der Waals surface area contributed by atoms with Gasteiger partial charge >= 0.3 is 0 Å². The van der Waals surface area contributed by atoms with Crippen molar-refractivity contribution in [2.24, 2.45) is 0 Å². The molecule has 2 aliphatic rings. The number of aryl methyl sites for hydroxylation is 1. The molecule has 1 aliphatic heterocycles. The third-order valence-corrected chi connectivity index (χ3v) is 3.86. The lowest BCUT2D eigenvalue weighted by atomic mass is 9.80. The van der Waals surface area contributed by atoms with Crippen molar-refractivity contribution in [1.29, 1.82) is 5.26 Å². The van der Waals surface area contributed by atoms with Crippen molar-refractivity contribution in [2.45, 2.75) is 31.8 Å². The maximum atomic E-state index is 14.0. The van der Waals surface area contributed by atoms with E-state index in [9.17, 15) is 9.50 Å². The first-order valence-electron chi connectivity index (χ1n) is 6.29. The summed E-state index contributed by atoms with van der Waals surface area (Å²) in [6.45, 7) is 1.96. The lowest BCUT2D eigenvalue weighted by molar-refractivity contribution is -0.0266. The number of hydrazine groups is 2. The van der Waals surface area contributed by atoms with Gasteiger partial charge in [0.2, 0.25) is 0 Å². The van der Waals surface area contributed by atoms with E-state index in [2.05, 4.69) is 11.0 Å². The zero-order valence-corrected chi connectivity index (χ0v) is 10.6. The Hall–Kier alpha value is -1.84. The minimum absolute atomic E-state index is 0.00965. The van der Waals surface area contributed by atoms with Crippen LogP contribution in [0, 0.1) is 24.1 Å². The van der Waals surface area contributed by atoms with Crippen molar-refractivity contribution < 1.29 is 9.50 Å². The maximum Gasteiger partial charge on any atom is 0.146 e. The first-order valence-corrected chi connectivity index (χ1v) is 6.29. The number of fused-ring (bicyclic) bond motifs is 1. The number of nitriles is 1. The molecule has 5 nitrogen and oxygen atoms in total. The van der Waals surface area contributed by atoms with E-state index in [1.165, 1.54) is 0 Å². The Morgan fingerprint density at radius 2 is 2.32 bits per heavy atom. The third kappa shape index (κ3) is 1.82. The van der Waals surface area contributed by atoms with Gasteiger partial charge < -0.3 is 10.5 Å². The minimum Gasteiger partial charge on any atom is -0.388 e. The Balaban J connectivity index is 1.99. The SMILES string of the molecule is Cc1cc2c(c(C#N)c1F)N(CC1(O)CCC1)NN2. The molecule has 0 bridgehead atoms. The molecule has 0 spiro atoms. The van der Waals surface area contributed by atoms with Crippen LogP contribution in [0.2, 0.25) is 0 Å². The van der Waals surface area contributed by atoms with Gasteiger partial charge in [-0.1, -0.05) is 0 Å². The standard InChI is InChI=1S/C13H15FN4O/c1-8-5-10-12(9(6-15)11(8)14)18(17-16-10)7-13(19)3-2-4-13/h5,16-17,19H,2-4,7H2,1H3. The number of rotatable bonds is 2. The molecule has 3 rings (SSSR count). The van der Waals surface area contributed by atoms with E-state index in [4.69, 9.17) is 5.26 Å². The number of benzene rings is 1. The maximum absolute atomic E-state index is 14.0. The summed E-state index contributed by atoms with van der Waals surface area (Å²) in [5.74, 6) is -0.502. The second-order valence-electron chi connectivity index (χ2n) is 5.29. The highest BCUT2D eigenvalue weighted by molar-refractivity contribution is 5.80. The van der Waals surface area contributed by atoms with E-state index < -0.39 is 11.4 Å². The Kier molecular flexibility index (Phi) is 2.62. The average molecular weight is 262 g/mol. The quantitative estimate of drug-likeness (QED) is 0.754. The molecule has 0 radical (unpaired) electrons. The van der Waals surface area contributed by atoms with Crippen LogP contribution in [0.4, 0.5) is 15.8 Å². The van der Waals surface area contributed by atoms with Crippen LogP contribution in [0.25, 0.3) is 0 Å². The van der Waals surface area contributed by atoms with Crippen LogP contribution in [-0.4, -0.2) is 17.3 Å². The molecule has 0 amide bonds. The number of hydrogen-bond donors (Lipinski definition) is 3. The lowest BCUT2D eigenvalue weighted by Crippen LogP contribution is -2.52. The van der Waals surface area contributed by atoms with Crippen molar-refractivity contribution in [2.75, 3.05) is 17.0 Å². The van der Waals surface area contributed by atoms with Crippen molar-refractivity contribution in [3.05, 3.63) is 23.0 Å². The molecule has 100 valence electrons. The molecule has 19 heavy (non-hydrogen) atoms. The fraction of sp³-hybridized carbons (Fsp3) is 0.462. The molecule has 3 N–H and O–H groups in total. The van der Waals surface area contributed by atoms with Crippen LogP contribution in [0.5, 0.6) is 0 Å². The molecule has 1 aliphatic carbocycles. The molecule has 0 unspecified atom stereocenters. The van der Waals surface area contributed by atoms with Crippen molar-refractivity contribution >= 4 is 11.4 Å². The van der Waals surface area contributed by atoms with Gasteiger partial charge in [0, 0.05) is 0 Å². The van der Waals surface area contributed by atoms with E-state index >= 15 is 0 Å². The van der Waals surface area contributed by atoms with Gasteiger partial charge in [-0.05, 0) is 37.8 Å². The van der Waals surface area contributed by atoms with Crippen molar-refractivity contribution in [1.82, 2.24) is 5.53 Å². The number of β-amino-alcohol motifs (C(OH)–C–C–N with tert-alkyl or cyclic N) is 1. The normalized spacial score (nSPS) is 19.4. The van der Waals surface area contributed by atoms with Gasteiger partial charge in [0.25, 0.3) is 0 Å². The van der Waals surface area contributed by atoms with E-state index in [0.29, 0.717) is 23.5 Å². The highest BCUT2D eigenvalue weighted by Gasteiger charge is 2.39. The first kappa shape index (κ1) is 12.2.